The molecule has 4 rings (SSSR count). The number of carbonyl (C=O) groups is 2. The first-order valence-corrected chi connectivity index (χ1v) is 12.8. The fourth-order valence-corrected chi connectivity index (χ4v) is 4.68. The summed E-state index contributed by atoms with van der Waals surface area (Å²) in [5.74, 6) is -1.17. The summed E-state index contributed by atoms with van der Waals surface area (Å²) in [5.41, 5.74) is 9.29. The normalized spacial score (nSPS) is 14.6. The van der Waals surface area contributed by atoms with E-state index in [0.29, 0.717) is 29.7 Å². The molecule has 1 aliphatic heterocycles. The van der Waals surface area contributed by atoms with E-state index in [0.717, 1.165) is 11.1 Å². The van der Waals surface area contributed by atoms with E-state index in [1.165, 1.54) is 12.1 Å². The van der Waals surface area contributed by atoms with E-state index in [-0.39, 0.29) is 36.0 Å². The van der Waals surface area contributed by atoms with Gasteiger partial charge in [-0.1, -0.05) is 49.4 Å². The Bertz CT molecular complexity index is 1360. The predicted molar refractivity (Wildman–Crippen MR) is 146 cm³/mol. The van der Waals surface area contributed by atoms with E-state index in [9.17, 15) is 9.59 Å². The standard InChI is InChI=1S/C31H34FN3O3/c1-20(21-8-6-5-7-9-21)24-16-25(19-34-18-24)29(36)35-14-12-22(13-15-35)27-26(32)11-10-23(17-33)28(27)30(37)38-31(2,3)4/h5-12,16,18-20H,13-15,17,33H2,1-4H3. The first kappa shape index (κ1) is 27.2. The molecule has 2 N–H and O–H groups in total. The largest absolute Gasteiger partial charge is 0.456 e. The Morgan fingerprint density at radius 1 is 1.11 bits per heavy atom. The number of halogens is 1. The van der Waals surface area contributed by atoms with Crippen molar-refractivity contribution in [2.75, 3.05) is 13.1 Å². The summed E-state index contributed by atoms with van der Waals surface area (Å²) in [6.45, 7) is 8.11. The van der Waals surface area contributed by atoms with Gasteiger partial charge in [0.05, 0.1) is 11.1 Å². The third kappa shape index (κ3) is 6.00. The molecule has 0 saturated heterocycles. The molecule has 0 radical (unpaired) electrons. The molecule has 0 aliphatic carbocycles. The zero-order chi connectivity index (χ0) is 27.4. The maximum Gasteiger partial charge on any atom is 0.339 e. The number of pyridine rings is 1. The lowest BCUT2D eigenvalue weighted by Gasteiger charge is -2.28. The van der Waals surface area contributed by atoms with Crippen molar-refractivity contribution in [1.29, 1.82) is 0 Å². The summed E-state index contributed by atoms with van der Waals surface area (Å²) in [6, 6.07) is 14.8. The Balaban J connectivity index is 1.58. The van der Waals surface area contributed by atoms with Crippen molar-refractivity contribution < 1.29 is 18.7 Å². The monoisotopic (exact) mass is 515 g/mol. The maximum atomic E-state index is 15.1. The van der Waals surface area contributed by atoms with Crippen LogP contribution in [0.5, 0.6) is 0 Å². The van der Waals surface area contributed by atoms with E-state index < -0.39 is 17.4 Å². The number of esters is 1. The van der Waals surface area contributed by atoms with E-state index >= 15 is 4.39 Å². The fourth-order valence-electron chi connectivity index (χ4n) is 4.68. The minimum absolute atomic E-state index is 0.0739. The molecule has 198 valence electrons. The maximum absolute atomic E-state index is 15.1. The molecule has 0 fully saturated rings. The van der Waals surface area contributed by atoms with Gasteiger partial charge < -0.3 is 15.4 Å². The average molecular weight is 516 g/mol. The second kappa shape index (κ2) is 11.3. The van der Waals surface area contributed by atoms with E-state index in [2.05, 4.69) is 24.0 Å². The van der Waals surface area contributed by atoms with E-state index in [1.54, 1.807) is 44.1 Å². The molecular weight excluding hydrogens is 481 g/mol. The van der Waals surface area contributed by atoms with Crippen LogP contribution in [0.15, 0.2) is 67.0 Å². The molecule has 1 aliphatic rings. The van der Waals surface area contributed by atoms with Gasteiger partial charge >= 0.3 is 5.97 Å². The Morgan fingerprint density at radius 2 is 1.84 bits per heavy atom. The number of rotatable bonds is 6. The van der Waals surface area contributed by atoms with Crippen molar-refractivity contribution >= 4 is 17.4 Å². The molecular formula is C31H34FN3O3. The van der Waals surface area contributed by atoms with Gasteiger partial charge in [0, 0.05) is 43.5 Å². The third-order valence-corrected chi connectivity index (χ3v) is 6.69. The van der Waals surface area contributed by atoms with Crippen molar-refractivity contribution in [3.8, 4) is 0 Å². The zero-order valence-electron chi connectivity index (χ0n) is 22.3. The van der Waals surface area contributed by atoms with Crippen LogP contribution in [0.4, 0.5) is 4.39 Å². The van der Waals surface area contributed by atoms with E-state index in [1.807, 2.05) is 24.3 Å². The Kier molecular flexibility index (Phi) is 8.07. The van der Waals surface area contributed by atoms with Gasteiger partial charge in [0.15, 0.2) is 0 Å². The number of benzene rings is 2. The molecule has 6 nitrogen and oxygen atoms in total. The first-order chi connectivity index (χ1) is 18.1. The lowest BCUT2D eigenvalue weighted by Crippen LogP contribution is -2.35. The van der Waals surface area contributed by atoms with Gasteiger partial charge in [-0.25, -0.2) is 9.18 Å². The van der Waals surface area contributed by atoms with Crippen LogP contribution in [0, 0.1) is 5.82 Å². The highest BCUT2D eigenvalue weighted by Gasteiger charge is 2.29. The molecule has 7 heteroatoms. The smallest absolute Gasteiger partial charge is 0.339 e. The van der Waals surface area contributed by atoms with Gasteiger partial charge in [-0.3, -0.25) is 9.78 Å². The SMILES string of the molecule is CC(c1ccccc1)c1cncc(C(=O)N2CC=C(c3c(F)ccc(CN)c3C(=O)OC(C)(C)C)CC2)c1. The molecule has 1 aromatic heterocycles. The van der Waals surface area contributed by atoms with Crippen LogP contribution in [0.2, 0.25) is 0 Å². The highest BCUT2D eigenvalue weighted by atomic mass is 19.1. The average Bonchev–Trinajstić information content (AvgIpc) is 2.91. The van der Waals surface area contributed by atoms with Gasteiger partial charge in [-0.15, -0.1) is 0 Å². The highest BCUT2D eigenvalue weighted by Crippen LogP contribution is 2.32. The number of aromatic nitrogens is 1. The number of nitrogens with two attached hydrogens (primary N) is 1. The number of ether oxygens (including phenoxy) is 1. The minimum Gasteiger partial charge on any atom is -0.456 e. The number of nitrogens with zero attached hydrogens (tertiary/aromatic N) is 2. The molecule has 2 heterocycles. The van der Waals surface area contributed by atoms with Gasteiger partial charge in [-0.05, 0) is 61.6 Å². The van der Waals surface area contributed by atoms with Crippen molar-refractivity contribution in [1.82, 2.24) is 9.88 Å². The number of hydrogen-bond donors (Lipinski definition) is 1. The molecule has 1 amide bonds. The zero-order valence-corrected chi connectivity index (χ0v) is 22.3. The number of amides is 1. The lowest BCUT2D eigenvalue weighted by molar-refractivity contribution is 0.00671. The quantitative estimate of drug-likeness (QED) is 0.425. The molecule has 2 aromatic carbocycles. The summed E-state index contributed by atoms with van der Waals surface area (Å²) < 4.78 is 20.7. The van der Waals surface area contributed by atoms with Crippen LogP contribution in [0.3, 0.4) is 0 Å². The van der Waals surface area contributed by atoms with E-state index in [4.69, 9.17) is 10.5 Å². The molecule has 1 atom stereocenters. The Morgan fingerprint density at radius 3 is 2.47 bits per heavy atom. The van der Waals surface area contributed by atoms with Crippen LogP contribution in [0.25, 0.3) is 5.57 Å². The molecule has 0 bridgehead atoms. The summed E-state index contributed by atoms with van der Waals surface area (Å²) in [7, 11) is 0. The van der Waals surface area contributed by atoms with Crippen molar-refractivity contribution in [2.24, 2.45) is 5.73 Å². The Hall–Kier alpha value is -3.84. The highest BCUT2D eigenvalue weighted by molar-refractivity contribution is 5.98. The topological polar surface area (TPSA) is 85.5 Å². The van der Waals surface area contributed by atoms with Gasteiger partial charge in [-0.2, -0.15) is 0 Å². The first-order valence-electron chi connectivity index (χ1n) is 12.8. The third-order valence-electron chi connectivity index (χ3n) is 6.69. The van der Waals surface area contributed by atoms with Crippen LogP contribution >= 0.6 is 0 Å². The van der Waals surface area contributed by atoms with Crippen molar-refractivity contribution in [3.63, 3.8) is 0 Å². The predicted octanol–water partition coefficient (Wildman–Crippen LogP) is 5.72. The lowest BCUT2D eigenvalue weighted by atomic mass is 9.90. The van der Waals surface area contributed by atoms with Crippen molar-refractivity contribution in [3.05, 3.63) is 106 Å². The fraction of sp³-hybridized carbons (Fsp3) is 0.323. The van der Waals surface area contributed by atoms with Gasteiger partial charge in [0.2, 0.25) is 0 Å². The van der Waals surface area contributed by atoms with Crippen LogP contribution < -0.4 is 5.73 Å². The van der Waals surface area contributed by atoms with Gasteiger partial charge in [0.25, 0.3) is 5.91 Å². The van der Waals surface area contributed by atoms with Crippen LogP contribution in [0.1, 0.15) is 83.0 Å². The second-order valence-corrected chi connectivity index (χ2v) is 10.5. The van der Waals surface area contributed by atoms with Crippen molar-refractivity contribution in [2.45, 2.75) is 52.2 Å². The molecule has 0 spiro atoms. The summed E-state index contributed by atoms with van der Waals surface area (Å²) in [4.78, 5) is 32.4. The Labute approximate surface area is 223 Å². The number of carbonyl (C=O) groups excluding carboxylic acids is 2. The van der Waals surface area contributed by atoms with Crippen LogP contribution in [-0.2, 0) is 11.3 Å². The number of hydrogen-bond acceptors (Lipinski definition) is 5. The molecule has 0 saturated carbocycles. The second-order valence-electron chi connectivity index (χ2n) is 10.5. The molecule has 38 heavy (non-hydrogen) atoms. The molecule has 1 unspecified atom stereocenters. The van der Waals surface area contributed by atoms with Crippen LogP contribution in [-0.4, -0.2) is 40.5 Å². The summed E-state index contributed by atoms with van der Waals surface area (Å²) in [5, 5.41) is 0. The van der Waals surface area contributed by atoms with Gasteiger partial charge in [0.1, 0.15) is 11.4 Å². The summed E-state index contributed by atoms with van der Waals surface area (Å²) in [6.07, 6.45) is 5.56. The summed E-state index contributed by atoms with van der Waals surface area (Å²) >= 11 is 0. The minimum atomic E-state index is -0.739. The molecule has 3 aromatic rings.